The molecule has 0 radical (unpaired) electrons. The number of urea groups is 1. The molecule has 0 spiro atoms. The fourth-order valence-electron chi connectivity index (χ4n) is 3.90. The molecule has 3 aromatic rings. The maximum Gasteiger partial charge on any atom is 0.321 e. The summed E-state index contributed by atoms with van der Waals surface area (Å²) in [7, 11) is 0. The van der Waals surface area contributed by atoms with E-state index in [1.165, 1.54) is 0 Å². The van der Waals surface area contributed by atoms with E-state index in [1.807, 2.05) is 54.6 Å². The first-order valence-electron chi connectivity index (χ1n) is 10.4. The predicted octanol–water partition coefficient (Wildman–Crippen LogP) is 4.23. The molecule has 0 saturated carbocycles. The van der Waals surface area contributed by atoms with Crippen LogP contribution in [0.2, 0.25) is 0 Å². The van der Waals surface area contributed by atoms with Crippen molar-refractivity contribution in [3.05, 3.63) is 66.4 Å². The summed E-state index contributed by atoms with van der Waals surface area (Å²) < 4.78 is 5.51. The largest absolute Gasteiger partial charge is 0.454 e. The highest BCUT2D eigenvalue weighted by molar-refractivity contribution is 6.10. The van der Waals surface area contributed by atoms with Gasteiger partial charge in [0.1, 0.15) is 0 Å². The number of amides is 2. The lowest BCUT2D eigenvalue weighted by Crippen LogP contribution is -2.45. The molecule has 1 aliphatic rings. The maximum atomic E-state index is 12.8. The van der Waals surface area contributed by atoms with E-state index in [2.05, 4.69) is 10.3 Å². The number of fused-ring (bicyclic) bond motifs is 1. The molecule has 160 valence electrons. The van der Waals surface area contributed by atoms with Crippen molar-refractivity contribution in [2.24, 2.45) is 5.92 Å². The highest BCUT2D eigenvalue weighted by Crippen LogP contribution is 2.23. The molecular weight excluding hydrogens is 394 g/mol. The number of ether oxygens (including phenoxy) is 1. The molecule has 31 heavy (non-hydrogen) atoms. The second-order valence-electron chi connectivity index (χ2n) is 7.77. The van der Waals surface area contributed by atoms with Gasteiger partial charge in [-0.3, -0.25) is 9.59 Å². The topological polar surface area (TPSA) is 91.5 Å². The average Bonchev–Trinajstić information content (AvgIpc) is 3.23. The molecule has 1 saturated heterocycles. The van der Waals surface area contributed by atoms with Gasteiger partial charge in [0.15, 0.2) is 6.10 Å². The number of piperidine rings is 1. The third-order valence-corrected chi connectivity index (χ3v) is 5.58. The second kappa shape index (κ2) is 9.04. The van der Waals surface area contributed by atoms with E-state index in [-0.39, 0.29) is 18.4 Å². The highest BCUT2D eigenvalue weighted by Gasteiger charge is 2.32. The molecule has 0 aliphatic carbocycles. The number of nitrogens with one attached hydrogen (secondary N) is 2. The third kappa shape index (κ3) is 4.60. The van der Waals surface area contributed by atoms with Crippen molar-refractivity contribution in [2.75, 3.05) is 18.4 Å². The van der Waals surface area contributed by atoms with Crippen molar-refractivity contribution in [2.45, 2.75) is 25.9 Å². The van der Waals surface area contributed by atoms with Gasteiger partial charge in [-0.15, -0.1) is 0 Å². The van der Waals surface area contributed by atoms with Gasteiger partial charge in [-0.25, -0.2) is 4.79 Å². The molecular formula is C24H25N3O4. The number of esters is 1. The molecule has 2 N–H and O–H groups in total. The Kier molecular flexibility index (Phi) is 6.02. The van der Waals surface area contributed by atoms with Gasteiger partial charge in [-0.05, 0) is 38.0 Å². The number of para-hydroxylation sites is 2. The molecule has 7 nitrogen and oxygen atoms in total. The number of carbonyl (C=O) groups is 3. The van der Waals surface area contributed by atoms with Gasteiger partial charge >= 0.3 is 12.0 Å². The van der Waals surface area contributed by atoms with Gasteiger partial charge in [-0.1, -0.05) is 36.4 Å². The number of aromatic amines is 1. The normalized spacial score (nSPS) is 17.2. The van der Waals surface area contributed by atoms with E-state index < -0.39 is 18.0 Å². The van der Waals surface area contributed by atoms with Crippen molar-refractivity contribution in [1.82, 2.24) is 9.88 Å². The smallest absolute Gasteiger partial charge is 0.321 e. The number of ketones is 1. The van der Waals surface area contributed by atoms with Crippen LogP contribution in [-0.4, -0.2) is 46.9 Å². The molecule has 2 heterocycles. The first-order valence-corrected chi connectivity index (χ1v) is 10.4. The summed E-state index contributed by atoms with van der Waals surface area (Å²) in [4.78, 5) is 42.8. The van der Waals surface area contributed by atoms with Crippen molar-refractivity contribution < 1.29 is 19.1 Å². The van der Waals surface area contributed by atoms with E-state index in [1.54, 1.807) is 18.0 Å². The molecule has 1 fully saturated rings. The highest BCUT2D eigenvalue weighted by atomic mass is 16.5. The zero-order chi connectivity index (χ0) is 21.8. The zero-order valence-corrected chi connectivity index (χ0v) is 17.3. The Bertz CT molecular complexity index is 1090. The van der Waals surface area contributed by atoms with Crippen LogP contribution in [0.1, 0.15) is 30.1 Å². The Balaban J connectivity index is 1.36. The van der Waals surface area contributed by atoms with Gasteiger partial charge < -0.3 is 19.9 Å². The molecule has 7 heteroatoms. The Labute approximate surface area is 180 Å². The molecule has 4 rings (SSSR count). The number of anilines is 1. The minimum atomic E-state index is -0.903. The zero-order valence-electron chi connectivity index (χ0n) is 17.3. The van der Waals surface area contributed by atoms with E-state index in [9.17, 15) is 14.4 Å². The van der Waals surface area contributed by atoms with E-state index in [0.717, 1.165) is 10.9 Å². The number of hydrogen-bond acceptors (Lipinski definition) is 4. The van der Waals surface area contributed by atoms with E-state index in [4.69, 9.17) is 4.74 Å². The number of nitrogens with zero attached hydrogens (tertiary/aromatic N) is 1. The summed E-state index contributed by atoms with van der Waals surface area (Å²) in [5.74, 6) is -1.15. The van der Waals surface area contributed by atoms with Crippen molar-refractivity contribution in [3.8, 4) is 0 Å². The Morgan fingerprint density at radius 1 is 1.10 bits per heavy atom. The molecule has 2 amide bonds. The van der Waals surface area contributed by atoms with E-state index in [0.29, 0.717) is 30.6 Å². The lowest BCUT2D eigenvalue weighted by molar-refractivity contribution is -0.152. The summed E-state index contributed by atoms with van der Waals surface area (Å²) in [6.45, 7) is 2.43. The molecule has 1 aromatic heterocycles. The van der Waals surface area contributed by atoms with Crippen LogP contribution in [0.3, 0.4) is 0 Å². The van der Waals surface area contributed by atoms with Crippen LogP contribution in [0.5, 0.6) is 0 Å². The lowest BCUT2D eigenvalue weighted by Gasteiger charge is -2.32. The number of rotatable bonds is 5. The SMILES string of the molecule is C[C@H](OC(=O)[C@H]1CCCN(C(=O)Nc2ccccc2)C1)C(=O)c1c[nH]c2ccccc12. The number of aromatic nitrogens is 1. The summed E-state index contributed by atoms with van der Waals surface area (Å²) in [5.41, 5.74) is 2.07. The number of likely N-dealkylation sites (tertiary alicyclic amines) is 1. The van der Waals surface area contributed by atoms with Gasteiger partial charge in [0.2, 0.25) is 5.78 Å². The number of H-pyrrole nitrogens is 1. The summed E-state index contributed by atoms with van der Waals surface area (Å²) >= 11 is 0. The van der Waals surface area contributed by atoms with Crippen molar-refractivity contribution >= 4 is 34.4 Å². The molecule has 0 bridgehead atoms. The third-order valence-electron chi connectivity index (χ3n) is 5.58. The van der Waals surface area contributed by atoms with Gasteiger partial charge in [0.05, 0.1) is 5.92 Å². The maximum absolute atomic E-state index is 12.8. The van der Waals surface area contributed by atoms with Crippen LogP contribution in [-0.2, 0) is 9.53 Å². The molecule has 2 atom stereocenters. The van der Waals surface area contributed by atoms with Gasteiger partial charge in [0.25, 0.3) is 0 Å². The van der Waals surface area contributed by atoms with Gasteiger partial charge in [-0.2, -0.15) is 0 Å². The monoisotopic (exact) mass is 419 g/mol. The number of hydrogen-bond donors (Lipinski definition) is 2. The van der Waals surface area contributed by atoms with Crippen LogP contribution in [0.15, 0.2) is 60.8 Å². The van der Waals surface area contributed by atoms with Crippen molar-refractivity contribution in [1.29, 1.82) is 0 Å². The second-order valence-corrected chi connectivity index (χ2v) is 7.77. The van der Waals surface area contributed by atoms with E-state index >= 15 is 0 Å². The Morgan fingerprint density at radius 2 is 1.84 bits per heavy atom. The van der Waals surface area contributed by atoms with Crippen LogP contribution in [0, 0.1) is 5.92 Å². The van der Waals surface area contributed by atoms with Crippen LogP contribution >= 0.6 is 0 Å². The lowest BCUT2D eigenvalue weighted by atomic mass is 9.98. The molecule has 2 aromatic carbocycles. The number of carbonyl (C=O) groups excluding carboxylic acids is 3. The fourth-order valence-corrected chi connectivity index (χ4v) is 3.90. The number of benzene rings is 2. The summed E-state index contributed by atoms with van der Waals surface area (Å²) in [5, 5.41) is 3.65. The van der Waals surface area contributed by atoms with Crippen LogP contribution in [0.4, 0.5) is 10.5 Å². The fraction of sp³-hybridized carbons (Fsp3) is 0.292. The average molecular weight is 419 g/mol. The first kappa shape index (κ1) is 20.7. The standard InChI is InChI=1S/C24H25N3O4/c1-16(22(28)20-14-25-21-12-6-5-11-19(20)21)31-23(29)17-8-7-13-27(15-17)24(30)26-18-9-3-2-4-10-18/h2-6,9-12,14,16-17,25H,7-8,13,15H2,1H3,(H,26,30)/t16-,17-/m0/s1. The Morgan fingerprint density at radius 3 is 2.65 bits per heavy atom. The summed E-state index contributed by atoms with van der Waals surface area (Å²) in [6, 6.07) is 16.4. The molecule has 1 aliphatic heterocycles. The quantitative estimate of drug-likeness (QED) is 0.478. The van der Waals surface area contributed by atoms with Crippen molar-refractivity contribution in [3.63, 3.8) is 0 Å². The van der Waals surface area contributed by atoms with Gasteiger partial charge in [0, 0.05) is 41.4 Å². The summed E-state index contributed by atoms with van der Waals surface area (Å²) in [6.07, 6.45) is 2.07. The molecule has 0 unspecified atom stereocenters. The van der Waals surface area contributed by atoms with Crippen LogP contribution in [0.25, 0.3) is 10.9 Å². The minimum Gasteiger partial charge on any atom is -0.454 e. The predicted molar refractivity (Wildman–Crippen MR) is 118 cm³/mol. The van der Waals surface area contributed by atoms with Crippen LogP contribution < -0.4 is 5.32 Å². The Hall–Kier alpha value is -3.61. The first-order chi connectivity index (χ1) is 15.0. The minimum absolute atomic E-state index is 0.244. The number of Topliss-reactive ketones (excluding diaryl/α,β-unsaturated/α-hetero) is 1.